The summed E-state index contributed by atoms with van der Waals surface area (Å²) in [4.78, 5) is 24.8. The smallest absolute Gasteiger partial charge is 0.262 e. The first-order chi connectivity index (χ1) is 10.5. The molecular weight excluding hydrogens is 278 g/mol. The largest absolute Gasteiger partial charge is 0.463 e. The molecule has 2 aromatic carbocycles. The van der Waals surface area contributed by atoms with Gasteiger partial charge in [-0.15, -0.1) is 0 Å². The number of aryl methyl sites for hydroxylation is 2. The van der Waals surface area contributed by atoms with Crippen molar-refractivity contribution < 1.29 is 9.21 Å². The lowest BCUT2D eigenvalue weighted by Crippen LogP contribution is -2.21. The highest BCUT2D eigenvalue weighted by atomic mass is 16.3. The third-order valence-corrected chi connectivity index (χ3v) is 3.45. The highest BCUT2D eigenvalue weighted by molar-refractivity contribution is 6.05. The summed E-state index contributed by atoms with van der Waals surface area (Å²) in [6.45, 7) is 3.82. The van der Waals surface area contributed by atoms with Gasteiger partial charge in [0.25, 0.3) is 5.91 Å². The topological polar surface area (TPSA) is 59.3 Å². The van der Waals surface area contributed by atoms with Gasteiger partial charge in [-0.1, -0.05) is 23.8 Å². The SMILES string of the molecule is Cc1cccc(NC(=O)c2coc3ccc(C)cc3c2=O)c1. The number of amides is 1. The van der Waals surface area contributed by atoms with Gasteiger partial charge in [0.2, 0.25) is 5.43 Å². The van der Waals surface area contributed by atoms with E-state index in [1.807, 2.05) is 38.1 Å². The van der Waals surface area contributed by atoms with Gasteiger partial charge in [0, 0.05) is 5.69 Å². The van der Waals surface area contributed by atoms with E-state index >= 15 is 0 Å². The Bertz CT molecular complexity index is 925. The van der Waals surface area contributed by atoms with E-state index in [9.17, 15) is 9.59 Å². The van der Waals surface area contributed by atoms with Crippen LogP contribution in [0.4, 0.5) is 5.69 Å². The van der Waals surface area contributed by atoms with Gasteiger partial charge in [-0.2, -0.15) is 0 Å². The van der Waals surface area contributed by atoms with E-state index in [0.717, 1.165) is 11.1 Å². The van der Waals surface area contributed by atoms with Gasteiger partial charge < -0.3 is 9.73 Å². The van der Waals surface area contributed by atoms with E-state index in [4.69, 9.17) is 4.42 Å². The summed E-state index contributed by atoms with van der Waals surface area (Å²) >= 11 is 0. The van der Waals surface area contributed by atoms with E-state index in [0.29, 0.717) is 16.7 Å². The molecule has 0 saturated heterocycles. The molecule has 1 N–H and O–H groups in total. The molecule has 0 saturated carbocycles. The first-order valence-electron chi connectivity index (χ1n) is 6.95. The third kappa shape index (κ3) is 2.63. The van der Waals surface area contributed by atoms with E-state index in [1.54, 1.807) is 18.2 Å². The van der Waals surface area contributed by atoms with Crippen molar-refractivity contribution in [2.45, 2.75) is 13.8 Å². The molecule has 3 aromatic rings. The molecule has 0 aliphatic carbocycles. The van der Waals surface area contributed by atoms with Crippen molar-refractivity contribution in [3.8, 4) is 0 Å². The van der Waals surface area contributed by atoms with Gasteiger partial charge in [0.05, 0.1) is 5.39 Å². The van der Waals surface area contributed by atoms with Gasteiger partial charge in [-0.3, -0.25) is 9.59 Å². The fraction of sp³-hybridized carbons (Fsp3) is 0.111. The van der Waals surface area contributed by atoms with Crippen molar-refractivity contribution in [1.29, 1.82) is 0 Å². The fourth-order valence-electron chi connectivity index (χ4n) is 2.32. The minimum absolute atomic E-state index is 0.000365. The standard InChI is InChI=1S/C18H15NO3/c1-11-4-3-5-13(8-11)19-18(21)15-10-22-16-7-6-12(2)9-14(16)17(15)20/h3-10H,1-2H3,(H,19,21). The zero-order valence-electron chi connectivity index (χ0n) is 12.3. The average molecular weight is 293 g/mol. The monoisotopic (exact) mass is 293 g/mol. The van der Waals surface area contributed by atoms with Crippen LogP contribution in [0.3, 0.4) is 0 Å². The Kier molecular flexibility index (Phi) is 3.51. The van der Waals surface area contributed by atoms with Crippen LogP contribution in [0.15, 0.2) is 57.9 Å². The van der Waals surface area contributed by atoms with Gasteiger partial charge in [-0.05, 0) is 43.7 Å². The second-order valence-electron chi connectivity index (χ2n) is 5.30. The molecule has 3 rings (SSSR count). The Morgan fingerprint density at radius 2 is 1.82 bits per heavy atom. The van der Waals surface area contributed by atoms with Crippen molar-refractivity contribution in [2.24, 2.45) is 0 Å². The van der Waals surface area contributed by atoms with Gasteiger partial charge in [-0.25, -0.2) is 0 Å². The predicted molar refractivity (Wildman–Crippen MR) is 86.4 cm³/mol. The maximum absolute atomic E-state index is 12.5. The number of nitrogens with one attached hydrogen (secondary N) is 1. The number of hydrogen-bond donors (Lipinski definition) is 1. The molecule has 1 amide bonds. The Hall–Kier alpha value is -2.88. The quantitative estimate of drug-likeness (QED) is 0.784. The Balaban J connectivity index is 2.01. The molecule has 0 atom stereocenters. The minimum Gasteiger partial charge on any atom is -0.463 e. The van der Waals surface area contributed by atoms with Crippen LogP contribution in [-0.2, 0) is 0 Å². The van der Waals surface area contributed by atoms with Crippen molar-refractivity contribution in [3.05, 3.63) is 75.6 Å². The average Bonchev–Trinajstić information content (AvgIpc) is 2.48. The van der Waals surface area contributed by atoms with Gasteiger partial charge in [0.15, 0.2) is 0 Å². The maximum Gasteiger partial charge on any atom is 0.262 e. The van der Waals surface area contributed by atoms with E-state index in [2.05, 4.69) is 5.32 Å². The van der Waals surface area contributed by atoms with Crippen LogP contribution in [0.2, 0.25) is 0 Å². The van der Waals surface area contributed by atoms with Crippen LogP contribution < -0.4 is 10.7 Å². The van der Waals surface area contributed by atoms with E-state index in [-0.39, 0.29) is 11.0 Å². The Morgan fingerprint density at radius 3 is 2.59 bits per heavy atom. The van der Waals surface area contributed by atoms with Crippen molar-refractivity contribution in [1.82, 2.24) is 0 Å². The highest BCUT2D eigenvalue weighted by Crippen LogP contribution is 2.15. The molecule has 1 aromatic heterocycles. The minimum atomic E-state index is -0.470. The molecule has 0 aliphatic heterocycles. The van der Waals surface area contributed by atoms with Crippen LogP contribution in [-0.4, -0.2) is 5.91 Å². The zero-order chi connectivity index (χ0) is 15.7. The number of fused-ring (bicyclic) bond motifs is 1. The summed E-state index contributed by atoms with van der Waals surface area (Å²) in [5, 5.41) is 3.13. The number of carbonyl (C=O) groups excluding carboxylic acids is 1. The molecule has 4 heteroatoms. The first kappa shape index (κ1) is 14.1. The van der Waals surface area contributed by atoms with E-state index < -0.39 is 5.91 Å². The second-order valence-corrected chi connectivity index (χ2v) is 5.30. The summed E-state index contributed by atoms with van der Waals surface area (Å²) < 4.78 is 5.40. The van der Waals surface area contributed by atoms with Crippen LogP contribution >= 0.6 is 0 Å². The fourth-order valence-corrected chi connectivity index (χ4v) is 2.32. The molecule has 4 nitrogen and oxygen atoms in total. The number of anilines is 1. The molecule has 1 heterocycles. The van der Waals surface area contributed by atoms with Crippen molar-refractivity contribution >= 4 is 22.6 Å². The molecule has 22 heavy (non-hydrogen) atoms. The maximum atomic E-state index is 12.5. The van der Waals surface area contributed by atoms with Crippen LogP contribution in [0, 0.1) is 13.8 Å². The van der Waals surface area contributed by atoms with Crippen molar-refractivity contribution in [3.63, 3.8) is 0 Å². The number of rotatable bonds is 2. The molecule has 0 fully saturated rings. The second kappa shape index (κ2) is 5.48. The lowest BCUT2D eigenvalue weighted by Gasteiger charge is -2.06. The van der Waals surface area contributed by atoms with Gasteiger partial charge >= 0.3 is 0 Å². The first-order valence-corrected chi connectivity index (χ1v) is 6.95. The molecule has 0 spiro atoms. The molecule has 0 unspecified atom stereocenters. The Labute approximate surface area is 127 Å². The number of carbonyl (C=O) groups is 1. The van der Waals surface area contributed by atoms with Crippen LogP contribution in [0.1, 0.15) is 21.5 Å². The highest BCUT2D eigenvalue weighted by Gasteiger charge is 2.14. The molecule has 0 radical (unpaired) electrons. The van der Waals surface area contributed by atoms with Crippen LogP contribution in [0.5, 0.6) is 0 Å². The molecule has 0 aliphatic rings. The molecular formula is C18H15NO3. The lowest BCUT2D eigenvalue weighted by molar-refractivity contribution is 0.102. The third-order valence-electron chi connectivity index (χ3n) is 3.45. The number of benzene rings is 2. The van der Waals surface area contributed by atoms with E-state index in [1.165, 1.54) is 6.26 Å². The van der Waals surface area contributed by atoms with Crippen LogP contribution in [0.25, 0.3) is 11.0 Å². The normalized spacial score (nSPS) is 10.6. The molecule has 110 valence electrons. The summed E-state index contributed by atoms with van der Waals surface area (Å²) in [7, 11) is 0. The zero-order valence-corrected chi connectivity index (χ0v) is 12.3. The van der Waals surface area contributed by atoms with Gasteiger partial charge in [0.1, 0.15) is 17.4 Å². The Morgan fingerprint density at radius 1 is 1.05 bits per heavy atom. The summed E-state index contributed by atoms with van der Waals surface area (Å²) in [6, 6.07) is 12.7. The predicted octanol–water partition coefficient (Wildman–Crippen LogP) is 3.66. The summed E-state index contributed by atoms with van der Waals surface area (Å²) in [5.74, 6) is -0.470. The molecule has 0 bridgehead atoms. The lowest BCUT2D eigenvalue weighted by atomic mass is 10.1. The summed E-state index contributed by atoms with van der Waals surface area (Å²) in [5.41, 5.74) is 2.76. The number of hydrogen-bond acceptors (Lipinski definition) is 3. The van der Waals surface area contributed by atoms with Crippen molar-refractivity contribution in [2.75, 3.05) is 5.32 Å². The summed E-state index contributed by atoms with van der Waals surface area (Å²) in [6.07, 6.45) is 1.21.